The molecule has 98 valence electrons. The van der Waals surface area contributed by atoms with E-state index >= 15 is 0 Å². The van der Waals surface area contributed by atoms with Crippen LogP contribution in [-0.4, -0.2) is 18.3 Å². The van der Waals surface area contributed by atoms with Crippen molar-refractivity contribution in [2.75, 3.05) is 12.4 Å². The number of alkyl halides is 1. The molecule has 0 radical (unpaired) electrons. The van der Waals surface area contributed by atoms with Crippen LogP contribution >= 0.6 is 11.6 Å². The summed E-state index contributed by atoms with van der Waals surface area (Å²) in [7, 11) is 0. The average Bonchev–Trinajstić information content (AvgIpc) is 2.33. The molecule has 0 saturated carbocycles. The van der Waals surface area contributed by atoms with Gasteiger partial charge < -0.3 is 5.32 Å². The van der Waals surface area contributed by atoms with Crippen LogP contribution in [0.5, 0.6) is 0 Å². The highest BCUT2D eigenvalue weighted by molar-refractivity contribution is 6.18. The SMILES string of the molecule is CC(C)(C)c1ccc(C(=O)NC/C=C/CCl)cc1. The van der Waals surface area contributed by atoms with E-state index in [0.717, 1.165) is 0 Å². The zero-order valence-electron chi connectivity index (χ0n) is 11.2. The number of carbonyl (C=O) groups excluding carboxylic acids is 1. The number of hydrogen-bond acceptors (Lipinski definition) is 1. The summed E-state index contributed by atoms with van der Waals surface area (Å²) in [6.45, 7) is 6.96. The molecular formula is C15H20ClNO. The third-order valence-electron chi connectivity index (χ3n) is 2.65. The molecule has 0 fully saturated rings. The second-order valence-electron chi connectivity index (χ2n) is 5.16. The van der Waals surface area contributed by atoms with Gasteiger partial charge in [-0.3, -0.25) is 4.79 Å². The van der Waals surface area contributed by atoms with Gasteiger partial charge in [0.15, 0.2) is 0 Å². The van der Waals surface area contributed by atoms with Crippen molar-refractivity contribution in [3.05, 3.63) is 47.5 Å². The quantitative estimate of drug-likeness (QED) is 0.655. The Hall–Kier alpha value is -1.28. The maximum Gasteiger partial charge on any atom is 0.251 e. The van der Waals surface area contributed by atoms with Gasteiger partial charge in [-0.15, -0.1) is 11.6 Å². The standard InChI is InChI=1S/C15H20ClNO/c1-15(2,3)13-8-6-12(7-9-13)14(18)17-11-5-4-10-16/h4-9H,10-11H2,1-3H3,(H,17,18)/b5-4+. The highest BCUT2D eigenvalue weighted by Crippen LogP contribution is 2.22. The largest absolute Gasteiger partial charge is 0.349 e. The fraction of sp³-hybridized carbons (Fsp3) is 0.400. The summed E-state index contributed by atoms with van der Waals surface area (Å²) in [4.78, 5) is 11.8. The van der Waals surface area contributed by atoms with Crippen LogP contribution in [0.25, 0.3) is 0 Å². The van der Waals surface area contributed by atoms with E-state index < -0.39 is 0 Å². The number of carbonyl (C=O) groups is 1. The Kier molecular flexibility index (Phi) is 5.42. The van der Waals surface area contributed by atoms with E-state index in [4.69, 9.17) is 11.6 Å². The van der Waals surface area contributed by atoms with Gasteiger partial charge in [-0.1, -0.05) is 45.1 Å². The number of rotatable bonds is 4. The number of halogens is 1. The van der Waals surface area contributed by atoms with Gasteiger partial charge in [-0.25, -0.2) is 0 Å². The fourth-order valence-corrected chi connectivity index (χ4v) is 1.65. The van der Waals surface area contributed by atoms with Crippen molar-refractivity contribution in [2.24, 2.45) is 0 Å². The zero-order chi connectivity index (χ0) is 13.6. The van der Waals surface area contributed by atoms with Crippen molar-refractivity contribution in [1.82, 2.24) is 5.32 Å². The predicted molar refractivity (Wildman–Crippen MR) is 77.3 cm³/mol. The minimum atomic E-state index is -0.0605. The lowest BCUT2D eigenvalue weighted by molar-refractivity contribution is 0.0958. The number of benzene rings is 1. The van der Waals surface area contributed by atoms with Crippen molar-refractivity contribution >= 4 is 17.5 Å². The third-order valence-corrected chi connectivity index (χ3v) is 2.83. The van der Waals surface area contributed by atoms with Crippen molar-refractivity contribution in [1.29, 1.82) is 0 Å². The fourth-order valence-electron chi connectivity index (χ4n) is 1.52. The van der Waals surface area contributed by atoms with Crippen molar-refractivity contribution < 1.29 is 4.79 Å². The molecule has 1 aromatic rings. The molecule has 1 aromatic carbocycles. The normalized spacial score (nSPS) is 11.8. The number of allylic oxidation sites excluding steroid dienone is 1. The van der Waals surface area contributed by atoms with Crippen LogP contribution in [-0.2, 0) is 5.41 Å². The molecule has 0 atom stereocenters. The lowest BCUT2D eigenvalue weighted by Crippen LogP contribution is -2.23. The van der Waals surface area contributed by atoms with Crippen LogP contribution in [0.1, 0.15) is 36.7 Å². The van der Waals surface area contributed by atoms with Gasteiger partial charge in [0.1, 0.15) is 0 Å². The molecule has 0 bridgehead atoms. The van der Waals surface area contributed by atoms with E-state index in [-0.39, 0.29) is 11.3 Å². The van der Waals surface area contributed by atoms with E-state index in [1.807, 2.05) is 36.4 Å². The molecule has 1 N–H and O–H groups in total. The first-order valence-corrected chi connectivity index (χ1v) is 6.58. The van der Waals surface area contributed by atoms with Crippen LogP contribution < -0.4 is 5.32 Å². The summed E-state index contributed by atoms with van der Waals surface area (Å²) >= 11 is 5.49. The molecule has 0 unspecified atom stereocenters. The lowest BCUT2D eigenvalue weighted by atomic mass is 9.87. The Morgan fingerprint density at radius 2 is 1.83 bits per heavy atom. The van der Waals surface area contributed by atoms with Gasteiger partial charge in [0.05, 0.1) is 0 Å². The zero-order valence-corrected chi connectivity index (χ0v) is 11.9. The molecule has 0 heterocycles. The Morgan fingerprint density at radius 1 is 1.22 bits per heavy atom. The Balaban J connectivity index is 2.62. The first-order chi connectivity index (χ1) is 8.45. The molecule has 0 aromatic heterocycles. The molecule has 2 nitrogen and oxygen atoms in total. The van der Waals surface area contributed by atoms with Gasteiger partial charge in [-0.2, -0.15) is 0 Å². The molecule has 0 aliphatic heterocycles. The van der Waals surface area contributed by atoms with Crippen molar-refractivity contribution in [3.8, 4) is 0 Å². The average molecular weight is 266 g/mol. The second kappa shape index (κ2) is 6.60. The van der Waals surface area contributed by atoms with Crippen LogP contribution in [0, 0.1) is 0 Å². The minimum Gasteiger partial charge on any atom is -0.349 e. The van der Waals surface area contributed by atoms with Crippen molar-refractivity contribution in [2.45, 2.75) is 26.2 Å². The van der Waals surface area contributed by atoms with E-state index in [1.54, 1.807) is 0 Å². The first kappa shape index (κ1) is 14.8. The molecule has 0 spiro atoms. The first-order valence-electron chi connectivity index (χ1n) is 6.05. The maximum atomic E-state index is 11.8. The van der Waals surface area contributed by atoms with Crippen LogP contribution in [0.4, 0.5) is 0 Å². The molecule has 1 amide bonds. The van der Waals surface area contributed by atoms with Crippen molar-refractivity contribution in [3.63, 3.8) is 0 Å². The number of amides is 1. The van der Waals surface area contributed by atoms with Gasteiger partial charge in [0.25, 0.3) is 5.91 Å². The van der Waals surface area contributed by atoms with Crippen LogP contribution in [0.2, 0.25) is 0 Å². The van der Waals surface area contributed by atoms with E-state index in [0.29, 0.717) is 18.0 Å². The second-order valence-corrected chi connectivity index (χ2v) is 5.47. The Morgan fingerprint density at radius 3 is 2.33 bits per heavy atom. The molecule has 0 aliphatic rings. The number of hydrogen-bond donors (Lipinski definition) is 1. The minimum absolute atomic E-state index is 0.0605. The highest BCUT2D eigenvalue weighted by atomic mass is 35.5. The summed E-state index contributed by atoms with van der Waals surface area (Å²) in [6, 6.07) is 7.73. The van der Waals surface area contributed by atoms with Crippen LogP contribution in [0.3, 0.4) is 0 Å². The summed E-state index contributed by atoms with van der Waals surface area (Å²) in [6.07, 6.45) is 3.65. The Bertz CT molecular complexity index is 415. The Labute approximate surface area is 114 Å². The monoisotopic (exact) mass is 265 g/mol. The molecule has 1 rings (SSSR count). The molecule has 3 heteroatoms. The van der Waals surface area contributed by atoms with Gasteiger partial charge in [0.2, 0.25) is 0 Å². The molecule has 18 heavy (non-hydrogen) atoms. The van der Waals surface area contributed by atoms with Crippen LogP contribution in [0.15, 0.2) is 36.4 Å². The molecular weight excluding hydrogens is 246 g/mol. The van der Waals surface area contributed by atoms with Gasteiger partial charge >= 0.3 is 0 Å². The number of nitrogens with one attached hydrogen (secondary N) is 1. The highest BCUT2D eigenvalue weighted by Gasteiger charge is 2.13. The molecule has 0 saturated heterocycles. The maximum absolute atomic E-state index is 11.8. The summed E-state index contributed by atoms with van der Waals surface area (Å²) < 4.78 is 0. The predicted octanol–water partition coefficient (Wildman–Crippen LogP) is 3.51. The van der Waals surface area contributed by atoms with Gasteiger partial charge in [-0.05, 0) is 23.1 Å². The van der Waals surface area contributed by atoms with Gasteiger partial charge in [0, 0.05) is 18.0 Å². The van der Waals surface area contributed by atoms with E-state index in [1.165, 1.54) is 5.56 Å². The summed E-state index contributed by atoms with van der Waals surface area (Å²) in [5.41, 5.74) is 2.02. The lowest BCUT2D eigenvalue weighted by Gasteiger charge is -2.19. The van der Waals surface area contributed by atoms with E-state index in [9.17, 15) is 4.79 Å². The third kappa shape index (κ3) is 4.53. The van der Waals surface area contributed by atoms with E-state index in [2.05, 4.69) is 26.1 Å². The summed E-state index contributed by atoms with van der Waals surface area (Å²) in [5, 5.41) is 2.81. The smallest absolute Gasteiger partial charge is 0.251 e. The summed E-state index contributed by atoms with van der Waals surface area (Å²) in [5.74, 6) is 0.408. The topological polar surface area (TPSA) is 29.1 Å². The molecule has 0 aliphatic carbocycles.